The Hall–Kier alpha value is -1.67. The highest BCUT2D eigenvalue weighted by molar-refractivity contribution is 7.94. The van der Waals surface area contributed by atoms with E-state index in [1.165, 1.54) is 17.7 Å². The van der Waals surface area contributed by atoms with Crippen LogP contribution in [0.3, 0.4) is 0 Å². The van der Waals surface area contributed by atoms with Crippen LogP contribution in [0.2, 0.25) is 0 Å². The van der Waals surface area contributed by atoms with Gasteiger partial charge < -0.3 is 5.32 Å². The smallest absolute Gasteiger partial charge is 0.271 e. The molecular weight excluding hydrogens is 395 g/mol. The van der Waals surface area contributed by atoms with Crippen molar-refractivity contribution in [3.05, 3.63) is 58.9 Å². The van der Waals surface area contributed by atoms with Crippen LogP contribution in [-0.2, 0) is 23.0 Å². The topological polar surface area (TPSA) is 58.2 Å². The van der Waals surface area contributed by atoms with E-state index in [9.17, 15) is 12.8 Å². The van der Waals surface area contributed by atoms with Crippen molar-refractivity contribution in [1.29, 1.82) is 0 Å². The van der Waals surface area contributed by atoms with E-state index in [-0.39, 0.29) is 22.4 Å². The molecule has 3 aromatic rings. The Balaban J connectivity index is 0.00000196. The van der Waals surface area contributed by atoms with Crippen LogP contribution in [0.15, 0.2) is 40.6 Å². The predicted octanol–water partition coefficient (Wildman–Crippen LogP) is 4.22. The maximum Gasteiger partial charge on any atom is 0.271 e. The third kappa shape index (κ3) is 3.44. The molecule has 2 heterocycles. The number of nitrogens with one attached hydrogen (secondary N) is 2. The van der Waals surface area contributed by atoms with Gasteiger partial charge in [0.25, 0.3) is 10.0 Å². The highest BCUT2D eigenvalue weighted by Crippen LogP contribution is 2.35. The van der Waals surface area contributed by atoms with Crippen molar-refractivity contribution in [3.8, 4) is 0 Å². The van der Waals surface area contributed by atoms with Crippen LogP contribution < -0.4 is 10.0 Å². The van der Waals surface area contributed by atoms with Gasteiger partial charge in [0.15, 0.2) is 0 Å². The minimum Gasteiger partial charge on any atom is -0.312 e. The summed E-state index contributed by atoms with van der Waals surface area (Å²) >= 11 is 1.16. The molecule has 2 aromatic carbocycles. The second-order valence-electron chi connectivity index (χ2n) is 6.17. The van der Waals surface area contributed by atoms with Gasteiger partial charge in [0.2, 0.25) is 0 Å². The van der Waals surface area contributed by atoms with Crippen molar-refractivity contribution in [2.45, 2.75) is 24.1 Å². The molecule has 0 aliphatic carbocycles. The summed E-state index contributed by atoms with van der Waals surface area (Å²) in [6.45, 7) is 3.39. The molecule has 0 atom stereocenters. The molecule has 0 unspecified atom stereocenters. The number of anilines is 1. The Morgan fingerprint density at radius 2 is 1.96 bits per heavy atom. The molecule has 8 heteroatoms. The van der Waals surface area contributed by atoms with Gasteiger partial charge in [0.05, 0.1) is 0 Å². The van der Waals surface area contributed by atoms with Gasteiger partial charge in [-0.2, -0.15) is 0 Å². The molecule has 1 aromatic heterocycles. The van der Waals surface area contributed by atoms with Crippen LogP contribution in [0.4, 0.5) is 10.1 Å². The van der Waals surface area contributed by atoms with E-state index in [4.69, 9.17) is 0 Å². The van der Waals surface area contributed by atoms with E-state index in [1.54, 1.807) is 19.1 Å². The average Bonchev–Trinajstić information content (AvgIpc) is 2.92. The third-order valence-corrected chi connectivity index (χ3v) is 7.72. The van der Waals surface area contributed by atoms with Gasteiger partial charge in [-0.3, -0.25) is 4.72 Å². The van der Waals surface area contributed by atoms with Crippen molar-refractivity contribution in [1.82, 2.24) is 5.32 Å². The van der Waals surface area contributed by atoms with Crippen molar-refractivity contribution in [2.24, 2.45) is 0 Å². The fraction of sp³-hybridized carbons (Fsp3) is 0.222. The highest BCUT2D eigenvalue weighted by atomic mass is 35.5. The van der Waals surface area contributed by atoms with Crippen LogP contribution in [0.5, 0.6) is 0 Å². The summed E-state index contributed by atoms with van der Waals surface area (Å²) in [5, 5.41) is 3.92. The maximum atomic E-state index is 13.5. The number of aryl methyl sites for hydroxylation is 1. The quantitative estimate of drug-likeness (QED) is 0.677. The first-order chi connectivity index (χ1) is 11.9. The molecule has 0 fully saturated rings. The number of halogens is 2. The number of rotatable bonds is 3. The molecule has 0 radical (unpaired) electrons. The zero-order valence-corrected chi connectivity index (χ0v) is 16.5. The molecule has 0 bridgehead atoms. The molecule has 0 amide bonds. The van der Waals surface area contributed by atoms with Crippen molar-refractivity contribution in [3.63, 3.8) is 0 Å². The average molecular weight is 413 g/mol. The molecule has 138 valence electrons. The van der Waals surface area contributed by atoms with Crippen LogP contribution in [-0.4, -0.2) is 15.0 Å². The zero-order chi connectivity index (χ0) is 17.6. The van der Waals surface area contributed by atoms with Gasteiger partial charge in [0.1, 0.15) is 10.0 Å². The minimum atomic E-state index is -3.72. The van der Waals surface area contributed by atoms with Crippen LogP contribution in [0, 0.1) is 12.7 Å². The number of benzene rings is 2. The Labute approximate surface area is 161 Å². The lowest BCUT2D eigenvalue weighted by Gasteiger charge is -2.18. The lowest BCUT2D eigenvalue weighted by atomic mass is 10.0. The van der Waals surface area contributed by atoms with E-state index in [1.807, 2.05) is 12.1 Å². The molecule has 4 rings (SSSR count). The summed E-state index contributed by atoms with van der Waals surface area (Å²) in [4.78, 5) is 0. The molecule has 0 spiro atoms. The largest absolute Gasteiger partial charge is 0.312 e. The lowest BCUT2D eigenvalue weighted by Crippen LogP contribution is -2.23. The van der Waals surface area contributed by atoms with Crippen molar-refractivity contribution >= 4 is 49.5 Å². The number of thiophene rings is 1. The normalized spacial score (nSPS) is 13.9. The Morgan fingerprint density at radius 3 is 2.77 bits per heavy atom. The Kier molecular flexibility index (Phi) is 5.25. The van der Waals surface area contributed by atoms with Crippen LogP contribution in [0.25, 0.3) is 10.1 Å². The second kappa shape index (κ2) is 7.15. The SMILES string of the molecule is Cc1c(S(=O)(=O)Nc2ccc3c(c2)CNCC3)sc2ccc(F)cc12.Cl. The molecule has 2 N–H and O–H groups in total. The van der Waals surface area contributed by atoms with Gasteiger partial charge in [-0.1, -0.05) is 6.07 Å². The fourth-order valence-electron chi connectivity index (χ4n) is 3.17. The number of fused-ring (bicyclic) bond motifs is 2. The molecule has 0 saturated heterocycles. The third-order valence-electron chi connectivity index (χ3n) is 4.44. The van der Waals surface area contributed by atoms with E-state index in [2.05, 4.69) is 10.0 Å². The molecule has 1 aliphatic heterocycles. The number of hydrogen-bond acceptors (Lipinski definition) is 4. The summed E-state index contributed by atoms with van der Waals surface area (Å²) in [5.74, 6) is -0.368. The summed E-state index contributed by atoms with van der Waals surface area (Å²) in [6.07, 6.45) is 0.948. The van der Waals surface area contributed by atoms with Gasteiger partial charge in [-0.15, -0.1) is 23.7 Å². The van der Waals surface area contributed by atoms with E-state index >= 15 is 0 Å². The fourth-order valence-corrected chi connectivity index (χ4v) is 5.97. The summed E-state index contributed by atoms with van der Waals surface area (Å²) < 4.78 is 42.8. The monoisotopic (exact) mass is 412 g/mol. The van der Waals surface area contributed by atoms with Crippen LogP contribution >= 0.6 is 23.7 Å². The van der Waals surface area contributed by atoms with Gasteiger partial charge in [-0.05, 0) is 72.3 Å². The number of sulfonamides is 1. The van der Waals surface area contributed by atoms with Crippen LogP contribution in [0.1, 0.15) is 16.7 Å². The van der Waals surface area contributed by atoms with E-state index in [0.29, 0.717) is 16.6 Å². The van der Waals surface area contributed by atoms with E-state index < -0.39 is 10.0 Å². The summed E-state index contributed by atoms with van der Waals surface area (Å²) in [6, 6.07) is 9.99. The second-order valence-corrected chi connectivity index (χ2v) is 9.10. The Morgan fingerprint density at radius 1 is 1.15 bits per heavy atom. The standard InChI is InChI=1S/C18H17FN2O2S2.ClH/c1-11-16-9-14(19)3-5-17(16)24-18(11)25(22,23)21-15-4-2-12-6-7-20-10-13(12)8-15;/h2-5,8-9,20-21H,6-7,10H2,1H3;1H. The Bertz CT molecular complexity index is 1080. The predicted molar refractivity (Wildman–Crippen MR) is 106 cm³/mol. The zero-order valence-electron chi connectivity index (χ0n) is 14.0. The van der Waals surface area contributed by atoms with Crippen molar-refractivity contribution in [2.75, 3.05) is 11.3 Å². The molecular formula is C18H18ClFN2O2S2. The van der Waals surface area contributed by atoms with Crippen molar-refractivity contribution < 1.29 is 12.8 Å². The summed E-state index contributed by atoms with van der Waals surface area (Å²) in [5.41, 5.74) is 3.48. The molecule has 0 saturated carbocycles. The minimum absolute atomic E-state index is 0. The summed E-state index contributed by atoms with van der Waals surface area (Å²) in [7, 11) is -3.72. The molecule has 26 heavy (non-hydrogen) atoms. The lowest BCUT2D eigenvalue weighted by molar-refractivity contribution is 0.602. The first-order valence-electron chi connectivity index (χ1n) is 7.98. The van der Waals surface area contributed by atoms with Gasteiger partial charge >= 0.3 is 0 Å². The van der Waals surface area contributed by atoms with Gasteiger partial charge in [-0.25, -0.2) is 12.8 Å². The van der Waals surface area contributed by atoms with Gasteiger partial charge in [0, 0.05) is 16.9 Å². The first-order valence-corrected chi connectivity index (χ1v) is 10.3. The molecule has 4 nitrogen and oxygen atoms in total. The molecule has 1 aliphatic rings. The number of hydrogen-bond donors (Lipinski definition) is 2. The highest BCUT2D eigenvalue weighted by Gasteiger charge is 2.22. The van der Waals surface area contributed by atoms with E-state index in [0.717, 1.165) is 41.1 Å². The maximum absolute atomic E-state index is 13.5. The first kappa shape index (κ1) is 19.1.